The fourth-order valence-corrected chi connectivity index (χ4v) is 4.46. The van der Waals surface area contributed by atoms with Gasteiger partial charge in [0.15, 0.2) is 0 Å². The third kappa shape index (κ3) is 2.83. The third-order valence-electron chi connectivity index (χ3n) is 6.69. The minimum absolute atomic E-state index is 0.0190. The van der Waals surface area contributed by atoms with Gasteiger partial charge in [-0.15, -0.1) is 26.1 Å². The molecular weight excluding hydrogens is 352 g/mol. The number of phenolic OH excluding ortho intramolecular Hbond substituents is 1. The van der Waals surface area contributed by atoms with Crippen LogP contribution in [0.25, 0.3) is 0 Å². The van der Waals surface area contributed by atoms with Gasteiger partial charge in [-0.1, -0.05) is 17.4 Å². The zero-order chi connectivity index (χ0) is 23.8. The molecule has 1 aliphatic rings. The molecule has 1 N–H and O–H groups in total. The molecule has 1 aliphatic carbocycles. The first-order valence-corrected chi connectivity index (χ1v) is 9.07. The van der Waals surface area contributed by atoms with E-state index in [4.69, 9.17) is 94.2 Å². The van der Waals surface area contributed by atoms with Gasteiger partial charge in [0.05, 0.1) is 94.2 Å². The summed E-state index contributed by atoms with van der Waals surface area (Å²) in [6.45, 7) is -0.0190. The largest absolute Gasteiger partial charge is 0.508 e. The van der Waals surface area contributed by atoms with Crippen molar-refractivity contribution in [3.63, 3.8) is 0 Å². The van der Waals surface area contributed by atoms with Crippen molar-refractivity contribution in [2.75, 3.05) is 20.6 Å². The summed E-state index contributed by atoms with van der Waals surface area (Å²) in [6.07, 6.45) is 0. The molecule has 30 heavy (non-hydrogen) atoms. The number of benzene rings is 1. The standard InChI is InChI=1S/C16H13B12NO/c1-29(2)7-10(17,8-3-5-9(30)6-4-8)11(18)12(19,20)14(23,24)16(27,28)15(25,26)13(11,21)22/h3-6,30H,7H2,1-2H3. The number of rotatable bonds is 4. The predicted molar refractivity (Wildman–Crippen MR) is 134 cm³/mol. The molecule has 0 amide bonds. The normalized spacial score (nSPS) is 27.0. The molecule has 0 aliphatic heterocycles. The van der Waals surface area contributed by atoms with Crippen LogP contribution in [0.5, 0.6) is 5.75 Å². The quantitative estimate of drug-likeness (QED) is 0.620. The van der Waals surface area contributed by atoms with Gasteiger partial charge in [0.25, 0.3) is 0 Å². The SMILES string of the molecule is [B]C(CN(C)C)(c1ccc(O)cc1)C1([B])C([B])([B])C([B])([B])C([B])([B])C([B])([B])C1([B])[B]. The topological polar surface area (TPSA) is 23.5 Å². The van der Waals surface area contributed by atoms with Crippen LogP contribution in [0.15, 0.2) is 24.3 Å². The molecule has 2 rings (SSSR count). The smallest absolute Gasteiger partial charge is 0.115 e. The van der Waals surface area contributed by atoms with Crippen molar-refractivity contribution in [2.24, 2.45) is 0 Å². The molecule has 0 aromatic heterocycles. The van der Waals surface area contributed by atoms with E-state index < -0.39 is 36.7 Å². The summed E-state index contributed by atoms with van der Waals surface area (Å²) >= 11 is 0. The van der Waals surface area contributed by atoms with Crippen molar-refractivity contribution in [3.05, 3.63) is 29.8 Å². The highest BCUT2D eigenvalue weighted by molar-refractivity contribution is 6.72. The van der Waals surface area contributed by atoms with Crippen LogP contribution in [-0.4, -0.2) is 125 Å². The number of hydrogen-bond donors (Lipinski definition) is 1. The lowest BCUT2D eigenvalue weighted by Crippen LogP contribution is -2.72. The highest BCUT2D eigenvalue weighted by Gasteiger charge is 2.72. The number of hydrogen-bond acceptors (Lipinski definition) is 2. The molecule has 0 saturated heterocycles. The minimum atomic E-state index is -2.42. The van der Waals surface area contributed by atoms with E-state index in [0.717, 1.165) is 0 Å². The zero-order valence-corrected chi connectivity index (χ0v) is 17.3. The van der Waals surface area contributed by atoms with Gasteiger partial charge in [0.2, 0.25) is 0 Å². The van der Waals surface area contributed by atoms with Crippen LogP contribution in [0.1, 0.15) is 5.56 Å². The molecule has 24 radical (unpaired) electrons. The molecular formula is C16H13B12NO. The van der Waals surface area contributed by atoms with E-state index in [1.165, 1.54) is 24.3 Å². The summed E-state index contributed by atoms with van der Waals surface area (Å²) < 4.78 is 0. The number of nitrogens with zero attached hydrogens (tertiary/aromatic N) is 1. The maximum absolute atomic E-state index is 9.72. The fraction of sp³-hybridized carbons (Fsp3) is 0.625. The van der Waals surface area contributed by atoms with Crippen LogP contribution in [0.2, 0.25) is 31.4 Å². The molecule has 0 spiro atoms. The van der Waals surface area contributed by atoms with Crippen LogP contribution in [-0.2, 0) is 5.31 Å². The van der Waals surface area contributed by atoms with Crippen LogP contribution in [0.3, 0.4) is 0 Å². The van der Waals surface area contributed by atoms with E-state index >= 15 is 0 Å². The lowest BCUT2D eigenvalue weighted by molar-refractivity contribution is 0.179. The third-order valence-corrected chi connectivity index (χ3v) is 6.69. The van der Waals surface area contributed by atoms with Crippen LogP contribution in [0, 0.1) is 0 Å². The van der Waals surface area contributed by atoms with E-state index in [2.05, 4.69) is 0 Å². The predicted octanol–water partition coefficient (Wildman–Crippen LogP) is -2.08. The Morgan fingerprint density at radius 1 is 0.700 bits per heavy atom. The van der Waals surface area contributed by atoms with E-state index in [1.54, 1.807) is 19.0 Å². The summed E-state index contributed by atoms with van der Waals surface area (Å²) in [4.78, 5) is 1.68. The Labute approximate surface area is 196 Å². The summed E-state index contributed by atoms with van der Waals surface area (Å²) in [7, 11) is 80.3. The summed E-state index contributed by atoms with van der Waals surface area (Å²) in [6, 6.07) is 5.76. The lowest BCUT2D eigenvalue weighted by atomic mass is 8.94. The van der Waals surface area contributed by atoms with Crippen LogP contribution >= 0.6 is 0 Å². The van der Waals surface area contributed by atoms with Gasteiger partial charge in [0, 0.05) is 0 Å². The molecule has 14 heteroatoms. The van der Waals surface area contributed by atoms with Crippen molar-refractivity contribution < 1.29 is 5.11 Å². The van der Waals surface area contributed by atoms with Crippen molar-refractivity contribution in [3.8, 4) is 5.75 Å². The van der Waals surface area contributed by atoms with Gasteiger partial charge in [0.1, 0.15) is 5.75 Å². The zero-order valence-electron chi connectivity index (χ0n) is 17.3. The molecule has 1 atom stereocenters. The van der Waals surface area contributed by atoms with Gasteiger partial charge in [-0.2, -0.15) is 0 Å². The van der Waals surface area contributed by atoms with Crippen LogP contribution < -0.4 is 0 Å². The van der Waals surface area contributed by atoms with Gasteiger partial charge in [-0.25, -0.2) is 0 Å². The second-order valence-electron chi connectivity index (χ2n) is 8.91. The second kappa shape index (κ2) is 7.13. The Hall–Kier alpha value is -0.241. The number of aromatic hydroxyl groups is 1. The average Bonchev–Trinajstić information content (AvgIpc) is 2.58. The molecule has 1 unspecified atom stereocenters. The van der Waals surface area contributed by atoms with Crippen molar-refractivity contribution in [1.29, 1.82) is 0 Å². The Bertz CT molecular complexity index is 777. The lowest BCUT2D eigenvalue weighted by Gasteiger charge is -2.85. The summed E-state index contributed by atoms with van der Waals surface area (Å²) in [5, 5.41) is -6.41. The molecule has 124 valence electrons. The fourth-order valence-electron chi connectivity index (χ4n) is 4.46. The first-order valence-electron chi connectivity index (χ1n) is 9.07. The highest BCUT2D eigenvalue weighted by atomic mass is 16.3. The molecule has 0 heterocycles. The Balaban J connectivity index is 3.01. The summed E-state index contributed by atoms with van der Waals surface area (Å²) in [5.41, 5.74) is 0.338. The second-order valence-corrected chi connectivity index (χ2v) is 8.91. The minimum Gasteiger partial charge on any atom is -0.508 e. The van der Waals surface area contributed by atoms with Crippen molar-refractivity contribution in [1.82, 2.24) is 4.90 Å². The Morgan fingerprint density at radius 2 is 1.03 bits per heavy atom. The Kier molecular flexibility index (Phi) is 6.18. The maximum Gasteiger partial charge on any atom is 0.115 e. The number of phenols is 1. The monoisotopic (exact) mass is 367 g/mol. The van der Waals surface area contributed by atoms with E-state index in [9.17, 15) is 5.11 Å². The van der Waals surface area contributed by atoms with Crippen molar-refractivity contribution in [2.45, 2.75) is 36.7 Å². The average molecular weight is 365 g/mol. The molecule has 1 fully saturated rings. The first-order chi connectivity index (χ1) is 13.2. The molecule has 1 aromatic rings. The molecule has 0 bridgehead atoms. The van der Waals surface area contributed by atoms with Gasteiger partial charge >= 0.3 is 0 Å². The highest BCUT2D eigenvalue weighted by Crippen LogP contribution is 2.89. The van der Waals surface area contributed by atoms with E-state index in [-0.39, 0.29) is 12.3 Å². The van der Waals surface area contributed by atoms with Crippen LogP contribution in [0.4, 0.5) is 0 Å². The number of likely N-dealkylation sites (N-methyl/N-ethyl adjacent to an activating group) is 1. The Morgan fingerprint density at radius 3 is 1.37 bits per heavy atom. The van der Waals surface area contributed by atoms with Gasteiger partial charge in [-0.05, 0) is 43.7 Å². The summed E-state index contributed by atoms with van der Waals surface area (Å²) in [5.74, 6) is -0.0267. The van der Waals surface area contributed by atoms with E-state index in [0.29, 0.717) is 5.56 Å². The van der Waals surface area contributed by atoms with E-state index in [1.807, 2.05) is 0 Å². The van der Waals surface area contributed by atoms with Gasteiger partial charge in [-0.3, -0.25) is 0 Å². The molecule has 2 nitrogen and oxygen atoms in total. The molecule has 1 aromatic carbocycles. The molecule has 1 saturated carbocycles. The maximum atomic E-state index is 9.72. The first kappa shape index (κ1) is 26.0. The van der Waals surface area contributed by atoms with Gasteiger partial charge < -0.3 is 10.0 Å². The van der Waals surface area contributed by atoms with Crippen molar-refractivity contribution >= 4 is 94.2 Å².